The van der Waals surface area contributed by atoms with Crippen molar-refractivity contribution in [3.8, 4) is 0 Å². The monoisotopic (exact) mass is 269 g/mol. The Bertz CT molecular complexity index is 407. The van der Waals surface area contributed by atoms with E-state index >= 15 is 0 Å². The summed E-state index contributed by atoms with van der Waals surface area (Å²) in [6.45, 7) is 2.01. The second-order valence-corrected chi connectivity index (χ2v) is 4.18. The van der Waals surface area contributed by atoms with E-state index in [1.54, 1.807) is 12.5 Å². The summed E-state index contributed by atoms with van der Waals surface area (Å²) in [5.41, 5.74) is 1.11. The van der Waals surface area contributed by atoms with E-state index in [9.17, 15) is 0 Å². The van der Waals surface area contributed by atoms with Crippen molar-refractivity contribution in [1.29, 1.82) is 0 Å². The van der Waals surface area contributed by atoms with Gasteiger partial charge in [-0.2, -0.15) is 0 Å². The second-order valence-electron chi connectivity index (χ2n) is 3.32. The number of rotatable bonds is 3. The Hall–Kier alpha value is -1.00. The van der Waals surface area contributed by atoms with Gasteiger partial charge in [0, 0.05) is 0 Å². The van der Waals surface area contributed by atoms with Gasteiger partial charge in [0.25, 0.3) is 0 Å². The molecule has 2 heterocycles. The molecule has 15 heavy (non-hydrogen) atoms. The van der Waals surface area contributed by atoms with E-state index in [-0.39, 0.29) is 6.04 Å². The Labute approximate surface area is 96.6 Å². The van der Waals surface area contributed by atoms with Crippen LogP contribution in [0.3, 0.4) is 0 Å². The van der Waals surface area contributed by atoms with Crippen molar-refractivity contribution < 1.29 is 8.83 Å². The van der Waals surface area contributed by atoms with Crippen molar-refractivity contribution in [2.24, 2.45) is 0 Å². The SMILES string of the molecule is CNC(c1occc1C)c1occc1Br. The first kappa shape index (κ1) is 10.5. The van der Waals surface area contributed by atoms with E-state index in [4.69, 9.17) is 8.83 Å². The van der Waals surface area contributed by atoms with Crippen LogP contribution in [-0.4, -0.2) is 7.05 Å². The van der Waals surface area contributed by atoms with Gasteiger partial charge in [0.05, 0.1) is 17.0 Å². The Balaban J connectivity index is 2.41. The molecule has 0 amide bonds. The minimum atomic E-state index is -0.0515. The molecule has 0 aliphatic carbocycles. The van der Waals surface area contributed by atoms with Gasteiger partial charge in [-0.25, -0.2) is 0 Å². The van der Waals surface area contributed by atoms with Crippen LogP contribution in [0.5, 0.6) is 0 Å². The van der Waals surface area contributed by atoms with Gasteiger partial charge >= 0.3 is 0 Å². The fraction of sp³-hybridized carbons (Fsp3) is 0.273. The predicted molar refractivity (Wildman–Crippen MR) is 60.8 cm³/mol. The largest absolute Gasteiger partial charge is 0.467 e. The molecular weight excluding hydrogens is 258 g/mol. The maximum atomic E-state index is 5.45. The first-order chi connectivity index (χ1) is 7.24. The molecule has 0 spiro atoms. The lowest BCUT2D eigenvalue weighted by atomic mass is 10.1. The summed E-state index contributed by atoms with van der Waals surface area (Å²) in [5, 5.41) is 3.17. The smallest absolute Gasteiger partial charge is 0.142 e. The molecule has 0 aromatic carbocycles. The molecule has 3 nitrogen and oxygen atoms in total. The summed E-state index contributed by atoms with van der Waals surface area (Å²) in [5.74, 6) is 1.71. The lowest BCUT2D eigenvalue weighted by Crippen LogP contribution is -2.17. The quantitative estimate of drug-likeness (QED) is 0.930. The van der Waals surface area contributed by atoms with E-state index < -0.39 is 0 Å². The Kier molecular flexibility index (Phi) is 2.98. The van der Waals surface area contributed by atoms with Crippen LogP contribution in [-0.2, 0) is 0 Å². The Morgan fingerprint density at radius 3 is 2.33 bits per heavy atom. The molecule has 0 aliphatic rings. The first-order valence-electron chi connectivity index (χ1n) is 4.68. The van der Waals surface area contributed by atoms with Crippen LogP contribution in [0.15, 0.2) is 38.0 Å². The molecule has 0 bridgehead atoms. The number of nitrogens with one attached hydrogen (secondary N) is 1. The molecule has 2 aromatic rings. The Morgan fingerprint density at radius 2 is 1.87 bits per heavy atom. The molecule has 0 radical (unpaired) electrons. The zero-order valence-electron chi connectivity index (χ0n) is 8.58. The van der Waals surface area contributed by atoms with Crippen LogP contribution < -0.4 is 5.32 Å². The molecule has 2 aromatic heterocycles. The van der Waals surface area contributed by atoms with E-state index in [2.05, 4.69) is 21.2 Å². The van der Waals surface area contributed by atoms with Gasteiger partial charge in [0.2, 0.25) is 0 Å². The molecule has 1 N–H and O–H groups in total. The zero-order valence-corrected chi connectivity index (χ0v) is 10.2. The highest BCUT2D eigenvalue weighted by Crippen LogP contribution is 2.31. The number of furan rings is 2. The maximum Gasteiger partial charge on any atom is 0.142 e. The zero-order chi connectivity index (χ0) is 10.8. The Morgan fingerprint density at radius 1 is 1.20 bits per heavy atom. The van der Waals surface area contributed by atoms with Crippen molar-refractivity contribution in [3.63, 3.8) is 0 Å². The number of halogens is 1. The summed E-state index contributed by atoms with van der Waals surface area (Å²) in [6.07, 6.45) is 3.34. The third-order valence-corrected chi connectivity index (χ3v) is 3.01. The average Bonchev–Trinajstić information content (AvgIpc) is 2.80. The minimum absolute atomic E-state index is 0.0515. The molecule has 0 saturated heterocycles. The second kappa shape index (κ2) is 4.24. The third kappa shape index (κ3) is 1.87. The lowest BCUT2D eigenvalue weighted by Gasteiger charge is -2.12. The van der Waals surface area contributed by atoms with Crippen molar-refractivity contribution >= 4 is 15.9 Å². The van der Waals surface area contributed by atoms with Crippen LogP contribution in [0.2, 0.25) is 0 Å². The molecule has 1 unspecified atom stereocenters. The highest BCUT2D eigenvalue weighted by Gasteiger charge is 2.22. The number of hydrogen-bond donors (Lipinski definition) is 1. The van der Waals surface area contributed by atoms with E-state index in [0.717, 1.165) is 21.6 Å². The lowest BCUT2D eigenvalue weighted by molar-refractivity contribution is 0.399. The molecular formula is C11H12BrNO2. The standard InChI is InChI=1S/C11H12BrNO2/c1-7-3-5-14-10(7)9(13-2)11-8(12)4-6-15-11/h3-6,9,13H,1-2H3. The van der Waals surface area contributed by atoms with Gasteiger partial charge < -0.3 is 14.2 Å². The summed E-state index contributed by atoms with van der Waals surface area (Å²) in [6, 6.07) is 3.76. The highest BCUT2D eigenvalue weighted by atomic mass is 79.9. The van der Waals surface area contributed by atoms with Gasteiger partial charge in [-0.05, 0) is 47.6 Å². The van der Waals surface area contributed by atoms with Gasteiger partial charge in [-0.3, -0.25) is 0 Å². The molecule has 0 aliphatic heterocycles. The van der Waals surface area contributed by atoms with Crippen molar-refractivity contribution in [1.82, 2.24) is 5.32 Å². The van der Waals surface area contributed by atoms with Gasteiger partial charge in [-0.1, -0.05) is 0 Å². The van der Waals surface area contributed by atoms with Crippen LogP contribution in [0, 0.1) is 6.92 Å². The third-order valence-electron chi connectivity index (χ3n) is 2.36. The fourth-order valence-corrected chi connectivity index (χ4v) is 2.00. The minimum Gasteiger partial charge on any atom is -0.467 e. The topological polar surface area (TPSA) is 38.3 Å². The van der Waals surface area contributed by atoms with Crippen LogP contribution in [0.25, 0.3) is 0 Å². The highest BCUT2D eigenvalue weighted by molar-refractivity contribution is 9.10. The van der Waals surface area contributed by atoms with Gasteiger partial charge in [0.15, 0.2) is 0 Å². The molecule has 1 atom stereocenters. The van der Waals surface area contributed by atoms with Crippen LogP contribution >= 0.6 is 15.9 Å². The molecule has 4 heteroatoms. The van der Waals surface area contributed by atoms with Crippen LogP contribution in [0.1, 0.15) is 23.1 Å². The predicted octanol–water partition coefficient (Wildman–Crippen LogP) is 3.25. The normalized spacial score (nSPS) is 13.0. The number of aryl methyl sites for hydroxylation is 1. The summed E-state index contributed by atoms with van der Waals surface area (Å²) in [7, 11) is 1.88. The van der Waals surface area contributed by atoms with Crippen molar-refractivity contribution in [2.75, 3.05) is 7.05 Å². The van der Waals surface area contributed by atoms with Crippen molar-refractivity contribution in [2.45, 2.75) is 13.0 Å². The van der Waals surface area contributed by atoms with Crippen LogP contribution in [0.4, 0.5) is 0 Å². The first-order valence-corrected chi connectivity index (χ1v) is 5.47. The van der Waals surface area contributed by atoms with Gasteiger partial charge in [0.1, 0.15) is 17.6 Å². The molecule has 0 saturated carbocycles. The number of hydrogen-bond acceptors (Lipinski definition) is 3. The molecule has 0 fully saturated rings. The fourth-order valence-electron chi connectivity index (χ4n) is 1.57. The summed E-state index contributed by atoms with van der Waals surface area (Å²) < 4.78 is 11.8. The van der Waals surface area contributed by atoms with Crippen molar-refractivity contribution in [3.05, 3.63) is 46.2 Å². The molecule has 2 rings (SSSR count). The average molecular weight is 270 g/mol. The summed E-state index contributed by atoms with van der Waals surface area (Å²) >= 11 is 3.44. The summed E-state index contributed by atoms with van der Waals surface area (Å²) in [4.78, 5) is 0. The van der Waals surface area contributed by atoms with E-state index in [1.165, 1.54) is 0 Å². The molecule has 80 valence electrons. The van der Waals surface area contributed by atoms with E-state index in [0.29, 0.717) is 0 Å². The van der Waals surface area contributed by atoms with E-state index in [1.807, 2.05) is 26.1 Å². The van der Waals surface area contributed by atoms with Gasteiger partial charge in [-0.15, -0.1) is 0 Å². The maximum absolute atomic E-state index is 5.45.